The predicted octanol–water partition coefficient (Wildman–Crippen LogP) is 3.11. The zero-order valence-electron chi connectivity index (χ0n) is 16.0. The third-order valence-corrected chi connectivity index (χ3v) is 5.97. The van der Waals surface area contributed by atoms with Crippen molar-refractivity contribution in [2.24, 2.45) is 0 Å². The summed E-state index contributed by atoms with van der Waals surface area (Å²) in [4.78, 5) is 25.7. The predicted molar refractivity (Wildman–Crippen MR) is 104 cm³/mol. The van der Waals surface area contributed by atoms with E-state index in [-0.39, 0.29) is 28.9 Å². The Balaban J connectivity index is 1.59. The summed E-state index contributed by atoms with van der Waals surface area (Å²) in [5.74, 6) is -0.652. The fourth-order valence-electron chi connectivity index (χ4n) is 4.04. The average Bonchev–Trinajstić information content (AvgIpc) is 3.52. The minimum atomic E-state index is -0.395. The summed E-state index contributed by atoms with van der Waals surface area (Å²) in [7, 11) is 0. The van der Waals surface area contributed by atoms with Gasteiger partial charge in [0.15, 0.2) is 0 Å². The molecule has 1 aromatic carbocycles. The summed E-state index contributed by atoms with van der Waals surface area (Å²) in [5.41, 5.74) is 1.11. The van der Waals surface area contributed by atoms with Crippen LogP contribution in [0.3, 0.4) is 0 Å². The molecule has 0 unspecified atom stereocenters. The van der Waals surface area contributed by atoms with Crippen molar-refractivity contribution in [3.05, 3.63) is 69.4 Å². The van der Waals surface area contributed by atoms with Crippen molar-refractivity contribution >= 4 is 5.91 Å². The van der Waals surface area contributed by atoms with Crippen molar-refractivity contribution in [3.8, 4) is 0 Å². The molecule has 1 N–H and O–H groups in total. The van der Waals surface area contributed by atoms with Crippen molar-refractivity contribution in [1.82, 2.24) is 9.88 Å². The lowest BCUT2D eigenvalue weighted by Gasteiger charge is -2.38. The minimum Gasteiger partial charge on any atom is -0.381 e. The second-order valence-corrected chi connectivity index (χ2v) is 7.90. The standard InChI is InChI=1S/C22H25FN2O3/c1-15-7-10-25(18-5-6-18)21(27)19(15)20(26)24-14-22(8-11-28-12-9-22)16-3-2-4-17(23)13-16/h2-4,7,10,13,18H,5-6,8-9,11-12,14H2,1H3,(H,24,26). The third kappa shape index (κ3) is 3.61. The molecule has 4 rings (SSSR count). The zero-order chi connectivity index (χ0) is 19.7. The number of rotatable bonds is 5. The van der Waals surface area contributed by atoms with Crippen LogP contribution in [0.4, 0.5) is 4.39 Å². The van der Waals surface area contributed by atoms with Crippen molar-refractivity contribution < 1.29 is 13.9 Å². The van der Waals surface area contributed by atoms with Crippen molar-refractivity contribution in [2.45, 2.75) is 44.1 Å². The average molecular weight is 384 g/mol. The Bertz CT molecular complexity index is 943. The SMILES string of the molecule is Cc1ccn(C2CC2)c(=O)c1C(=O)NCC1(c2cccc(F)c2)CCOCC1. The summed E-state index contributed by atoms with van der Waals surface area (Å²) >= 11 is 0. The maximum atomic E-state index is 13.8. The number of aryl methyl sites for hydroxylation is 1. The molecule has 2 aromatic rings. The van der Waals surface area contributed by atoms with Crippen LogP contribution in [0, 0.1) is 12.7 Å². The van der Waals surface area contributed by atoms with Gasteiger partial charge in [-0.3, -0.25) is 9.59 Å². The van der Waals surface area contributed by atoms with E-state index in [0.717, 1.165) is 18.4 Å². The number of hydrogen-bond acceptors (Lipinski definition) is 3. The highest BCUT2D eigenvalue weighted by Gasteiger charge is 2.36. The van der Waals surface area contributed by atoms with E-state index in [1.807, 2.05) is 12.1 Å². The van der Waals surface area contributed by atoms with Crippen molar-refractivity contribution in [3.63, 3.8) is 0 Å². The normalized spacial score (nSPS) is 18.6. The molecule has 1 aliphatic heterocycles. The molecular weight excluding hydrogens is 359 g/mol. The Morgan fingerprint density at radius 3 is 2.71 bits per heavy atom. The highest BCUT2D eigenvalue weighted by atomic mass is 19.1. The maximum absolute atomic E-state index is 13.8. The van der Waals surface area contributed by atoms with Crippen LogP contribution in [0.1, 0.15) is 53.2 Å². The van der Waals surface area contributed by atoms with E-state index in [2.05, 4.69) is 5.32 Å². The van der Waals surface area contributed by atoms with Gasteiger partial charge < -0.3 is 14.6 Å². The first-order chi connectivity index (χ1) is 13.5. The number of nitrogens with one attached hydrogen (secondary N) is 1. The van der Waals surface area contributed by atoms with Gasteiger partial charge in [-0.2, -0.15) is 0 Å². The molecule has 0 bridgehead atoms. The smallest absolute Gasteiger partial charge is 0.263 e. The molecule has 2 heterocycles. The van der Waals surface area contributed by atoms with Crippen LogP contribution in [0.15, 0.2) is 41.3 Å². The topological polar surface area (TPSA) is 60.3 Å². The summed E-state index contributed by atoms with van der Waals surface area (Å²) in [6.45, 7) is 3.25. The number of amides is 1. The first-order valence-corrected chi connectivity index (χ1v) is 9.84. The second kappa shape index (κ2) is 7.51. The van der Waals surface area contributed by atoms with Crippen LogP contribution in [0.2, 0.25) is 0 Å². The highest BCUT2D eigenvalue weighted by molar-refractivity contribution is 5.95. The molecule has 0 spiro atoms. The van der Waals surface area contributed by atoms with E-state index >= 15 is 0 Å². The van der Waals surface area contributed by atoms with Crippen LogP contribution in [-0.4, -0.2) is 30.2 Å². The number of halogens is 1. The lowest BCUT2D eigenvalue weighted by Crippen LogP contribution is -2.46. The molecule has 2 fully saturated rings. The monoisotopic (exact) mass is 384 g/mol. The Kier molecular flexibility index (Phi) is 5.06. The maximum Gasteiger partial charge on any atom is 0.263 e. The van der Waals surface area contributed by atoms with Crippen LogP contribution in [0.5, 0.6) is 0 Å². The number of carbonyl (C=O) groups is 1. The Morgan fingerprint density at radius 2 is 2.04 bits per heavy atom. The molecular formula is C22H25FN2O3. The number of ether oxygens (including phenoxy) is 1. The minimum absolute atomic E-state index is 0.204. The Hall–Kier alpha value is -2.47. The van der Waals surface area contributed by atoms with Gasteiger partial charge in [0.25, 0.3) is 11.5 Å². The molecule has 28 heavy (non-hydrogen) atoms. The number of carbonyl (C=O) groups excluding carboxylic acids is 1. The summed E-state index contributed by atoms with van der Waals surface area (Å²) in [5, 5.41) is 2.97. The van der Waals surface area contributed by atoms with Gasteiger partial charge in [0.1, 0.15) is 11.4 Å². The highest BCUT2D eigenvalue weighted by Crippen LogP contribution is 2.35. The van der Waals surface area contributed by atoms with E-state index in [9.17, 15) is 14.0 Å². The molecule has 1 aromatic heterocycles. The fourth-order valence-corrected chi connectivity index (χ4v) is 4.04. The van der Waals surface area contributed by atoms with Gasteiger partial charge in [-0.25, -0.2) is 4.39 Å². The Morgan fingerprint density at radius 1 is 1.29 bits per heavy atom. The molecule has 2 aliphatic rings. The molecule has 1 saturated heterocycles. The zero-order valence-corrected chi connectivity index (χ0v) is 16.0. The van der Waals surface area contributed by atoms with Gasteiger partial charge in [0.05, 0.1) is 0 Å². The van der Waals surface area contributed by atoms with E-state index in [0.29, 0.717) is 38.2 Å². The van der Waals surface area contributed by atoms with Gasteiger partial charge >= 0.3 is 0 Å². The van der Waals surface area contributed by atoms with Crippen molar-refractivity contribution in [1.29, 1.82) is 0 Å². The van der Waals surface area contributed by atoms with E-state index in [4.69, 9.17) is 4.74 Å². The summed E-state index contributed by atoms with van der Waals surface area (Å²) in [6.07, 6.45) is 5.12. The first kappa shape index (κ1) is 18.9. The van der Waals surface area contributed by atoms with Gasteiger partial charge in [0.2, 0.25) is 0 Å². The lowest BCUT2D eigenvalue weighted by molar-refractivity contribution is 0.0486. The Labute approximate surface area is 163 Å². The van der Waals surface area contributed by atoms with Gasteiger partial charge in [-0.15, -0.1) is 0 Å². The molecule has 6 heteroatoms. The lowest BCUT2D eigenvalue weighted by atomic mass is 9.74. The van der Waals surface area contributed by atoms with E-state index in [1.165, 1.54) is 12.1 Å². The van der Waals surface area contributed by atoms with Gasteiger partial charge in [-0.05, 0) is 61.9 Å². The number of hydrogen-bond donors (Lipinski definition) is 1. The first-order valence-electron chi connectivity index (χ1n) is 9.84. The quantitative estimate of drug-likeness (QED) is 0.862. The molecule has 1 saturated carbocycles. The van der Waals surface area contributed by atoms with E-state index < -0.39 is 5.41 Å². The van der Waals surface area contributed by atoms with Crippen LogP contribution < -0.4 is 10.9 Å². The van der Waals surface area contributed by atoms with Crippen LogP contribution >= 0.6 is 0 Å². The largest absolute Gasteiger partial charge is 0.381 e. The molecule has 0 radical (unpaired) electrons. The van der Waals surface area contributed by atoms with Crippen molar-refractivity contribution in [2.75, 3.05) is 19.8 Å². The van der Waals surface area contributed by atoms with Crippen LogP contribution in [0.25, 0.3) is 0 Å². The van der Waals surface area contributed by atoms with Gasteiger partial charge in [0, 0.05) is 37.4 Å². The fraction of sp³-hybridized carbons (Fsp3) is 0.455. The molecule has 148 valence electrons. The third-order valence-electron chi connectivity index (χ3n) is 5.97. The second-order valence-electron chi connectivity index (χ2n) is 7.90. The number of pyridine rings is 1. The summed E-state index contributed by atoms with van der Waals surface area (Å²) in [6, 6.07) is 8.58. The number of aromatic nitrogens is 1. The van der Waals surface area contributed by atoms with Gasteiger partial charge in [-0.1, -0.05) is 12.1 Å². The molecule has 5 nitrogen and oxygen atoms in total. The van der Waals surface area contributed by atoms with E-state index in [1.54, 1.807) is 23.8 Å². The summed E-state index contributed by atoms with van der Waals surface area (Å²) < 4.78 is 21.0. The molecule has 1 aliphatic carbocycles. The number of nitrogens with zero attached hydrogens (tertiary/aromatic N) is 1. The molecule has 0 atom stereocenters. The number of benzene rings is 1. The van der Waals surface area contributed by atoms with Crippen LogP contribution in [-0.2, 0) is 10.2 Å². The molecule has 1 amide bonds.